The highest BCUT2D eigenvalue weighted by Crippen LogP contribution is 2.17. The number of hydrogen-bond donors (Lipinski definition) is 0. The number of rotatable bonds is 4. The number of methoxy groups -OCH3 is 1. The lowest BCUT2D eigenvalue weighted by Crippen LogP contribution is -2.06. The van der Waals surface area contributed by atoms with Gasteiger partial charge in [-0.2, -0.15) is 0 Å². The molecular weight excluding hydrogens is 222 g/mol. The van der Waals surface area contributed by atoms with Crippen LogP contribution < -0.4 is 9.73 Å². The van der Waals surface area contributed by atoms with Gasteiger partial charge in [-0.25, -0.2) is 0 Å². The Balaban J connectivity index is 2.08. The van der Waals surface area contributed by atoms with E-state index in [1.807, 2.05) is 17.5 Å². The molecule has 2 rings (SSSR count). The summed E-state index contributed by atoms with van der Waals surface area (Å²) in [6.07, 6.45) is 2.06. The van der Waals surface area contributed by atoms with Crippen molar-refractivity contribution < 1.29 is 9.53 Å². The van der Waals surface area contributed by atoms with Crippen molar-refractivity contribution in [2.75, 3.05) is 7.11 Å². The van der Waals surface area contributed by atoms with Gasteiger partial charge in [0, 0.05) is 5.56 Å². The number of carbonyl (C=O) groups excluding carboxylic acids is 1. The molecule has 0 N–H and O–H groups in total. The molecule has 0 bridgehead atoms. The molecule has 0 saturated carbocycles. The first-order chi connectivity index (χ1) is 7.79. The fourth-order valence-corrected chi connectivity index (χ4v) is 1.99. The van der Waals surface area contributed by atoms with Crippen molar-refractivity contribution in [3.8, 4) is 5.75 Å². The van der Waals surface area contributed by atoms with Gasteiger partial charge in [0.1, 0.15) is 12.2 Å². The molecule has 3 nitrogen and oxygen atoms in total. The Morgan fingerprint density at radius 3 is 3.06 bits per heavy atom. The number of Topliss-reactive ketones (excluding diaryl/α,β-unsaturated/α-hetero) is 1. The van der Waals surface area contributed by atoms with Gasteiger partial charge in [-0.15, -0.1) is 0 Å². The third-order valence-electron chi connectivity index (χ3n) is 2.19. The van der Waals surface area contributed by atoms with Gasteiger partial charge in [-0.3, -0.25) is 4.79 Å². The minimum Gasteiger partial charge on any atom is -0.497 e. The Morgan fingerprint density at radius 1 is 1.50 bits per heavy atom. The van der Waals surface area contributed by atoms with E-state index in [2.05, 4.69) is 4.99 Å². The summed E-state index contributed by atoms with van der Waals surface area (Å²) in [5, 5.41) is 2.71. The van der Waals surface area contributed by atoms with E-state index in [1.54, 1.807) is 25.4 Å². The fourth-order valence-electron chi connectivity index (χ4n) is 1.38. The molecule has 1 heterocycles. The van der Waals surface area contributed by atoms with Crippen LogP contribution in [0.25, 0.3) is 0 Å². The normalized spacial score (nSPS) is 13.7. The van der Waals surface area contributed by atoms with Crippen LogP contribution in [0, 0.1) is 0 Å². The number of hydrogen-bond acceptors (Lipinski definition) is 4. The molecule has 0 amide bonds. The van der Waals surface area contributed by atoms with Gasteiger partial charge < -0.3 is 4.74 Å². The first kappa shape index (κ1) is 11.0. The van der Waals surface area contributed by atoms with Crippen molar-refractivity contribution in [2.24, 2.45) is 0 Å². The molecule has 0 atom stereocenters. The average Bonchev–Trinajstić information content (AvgIpc) is 2.82. The summed E-state index contributed by atoms with van der Waals surface area (Å²) in [4.78, 5) is 16.0. The van der Waals surface area contributed by atoms with Crippen LogP contribution in [0.5, 0.6) is 5.75 Å². The van der Waals surface area contributed by atoms with Crippen LogP contribution in [0.2, 0.25) is 0 Å². The highest BCUT2D eigenvalue weighted by Gasteiger charge is 2.20. The maximum Gasteiger partial charge on any atom is 0.299 e. The van der Waals surface area contributed by atoms with Gasteiger partial charge in [0.2, 0.25) is 6.20 Å². The quantitative estimate of drug-likeness (QED) is 0.749. The molecular formula is C12H11NO2S+. The van der Waals surface area contributed by atoms with Crippen LogP contribution in [0.4, 0.5) is 0 Å². The Hall–Kier alpha value is -1.55. The van der Waals surface area contributed by atoms with Crippen LogP contribution in [0.1, 0.15) is 16.8 Å². The SMILES string of the molecule is COc1cccc(C(=O)CC2=[N+]C=CS2)c1. The third-order valence-corrected chi connectivity index (χ3v) is 2.97. The second-order valence-electron chi connectivity index (χ2n) is 3.26. The van der Waals surface area contributed by atoms with Gasteiger partial charge in [-0.1, -0.05) is 12.1 Å². The fraction of sp³-hybridized carbons (Fsp3) is 0.167. The number of nitrogens with zero attached hydrogens (tertiary/aromatic N) is 1. The Labute approximate surface area is 98.2 Å². The summed E-state index contributed by atoms with van der Waals surface area (Å²) >= 11 is 1.49. The number of aliphatic imine (C=N–C) groups is 1. The van der Waals surface area contributed by atoms with Gasteiger partial charge in [0.05, 0.1) is 17.5 Å². The van der Waals surface area contributed by atoms with E-state index in [0.29, 0.717) is 17.7 Å². The van der Waals surface area contributed by atoms with Crippen LogP contribution in [0.3, 0.4) is 0 Å². The van der Waals surface area contributed by atoms with Crippen molar-refractivity contribution in [3.63, 3.8) is 0 Å². The average molecular weight is 233 g/mol. The lowest BCUT2D eigenvalue weighted by Gasteiger charge is -2.01. The van der Waals surface area contributed by atoms with E-state index in [0.717, 1.165) is 5.04 Å². The van der Waals surface area contributed by atoms with Crippen LogP contribution in [0.15, 0.2) is 35.9 Å². The predicted octanol–water partition coefficient (Wildman–Crippen LogP) is 2.22. The smallest absolute Gasteiger partial charge is 0.299 e. The molecule has 81 valence electrons. The monoisotopic (exact) mass is 233 g/mol. The zero-order chi connectivity index (χ0) is 11.4. The molecule has 1 aliphatic rings. The van der Waals surface area contributed by atoms with E-state index in [1.165, 1.54) is 11.8 Å². The zero-order valence-corrected chi connectivity index (χ0v) is 9.66. The standard InChI is InChI=1S/C12H11NO2S/c1-15-10-4-2-3-9(7-10)11(14)8-12-13-5-6-16-12/h2-7H,8H2,1H3/q+1. The van der Waals surface area contributed by atoms with Crippen molar-refractivity contribution >= 4 is 22.6 Å². The minimum absolute atomic E-state index is 0.0638. The molecule has 16 heavy (non-hydrogen) atoms. The molecule has 4 heteroatoms. The highest BCUT2D eigenvalue weighted by atomic mass is 32.2. The van der Waals surface area contributed by atoms with E-state index >= 15 is 0 Å². The van der Waals surface area contributed by atoms with E-state index in [-0.39, 0.29) is 5.78 Å². The molecule has 0 fully saturated rings. The molecule has 0 aromatic heterocycles. The Kier molecular flexibility index (Phi) is 3.41. The van der Waals surface area contributed by atoms with Gasteiger partial charge in [0.15, 0.2) is 5.78 Å². The second-order valence-corrected chi connectivity index (χ2v) is 4.24. The van der Waals surface area contributed by atoms with Crippen molar-refractivity contribution in [2.45, 2.75) is 6.42 Å². The van der Waals surface area contributed by atoms with Crippen LogP contribution >= 0.6 is 11.8 Å². The molecule has 1 aliphatic heterocycles. The first-order valence-electron chi connectivity index (χ1n) is 4.85. The highest BCUT2D eigenvalue weighted by molar-refractivity contribution is 8.16. The molecule has 1 aromatic carbocycles. The van der Waals surface area contributed by atoms with E-state index < -0.39 is 0 Å². The summed E-state index contributed by atoms with van der Waals surface area (Å²) in [7, 11) is 1.59. The topological polar surface area (TPSA) is 40.4 Å². The summed E-state index contributed by atoms with van der Waals surface area (Å²) in [6, 6.07) is 7.17. The Bertz CT molecular complexity index is 466. The van der Waals surface area contributed by atoms with Crippen molar-refractivity contribution in [1.29, 1.82) is 0 Å². The summed E-state index contributed by atoms with van der Waals surface area (Å²) < 4.78 is 5.07. The molecule has 1 aromatic rings. The largest absolute Gasteiger partial charge is 0.497 e. The van der Waals surface area contributed by atoms with Crippen LogP contribution in [-0.2, 0) is 0 Å². The summed E-state index contributed by atoms with van der Waals surface area (Å²) in [5.41, 5.74) is 0.662. The molecule has 0 unspecified atom stereocenters. The molecule has 1 radical (unpaired) electrons. The van der Waals surface area contributed by atoms with Gasteiger partial charge in [-0.05, 0) is 23.9 Å². The molecule has 0 spiro atoms. The number of carbonyl (C=O) groups is 1. The number of benzene rings is 1. The summed E-state index contributed by atoms with van der Waals surface area (Å²) in [6.45, 7) is 0. The van der Waals surface area contributed by atoms with Crippen LogP contribution in [-0.4, -0.2) is 17.9 Å². The maximum absolute atomic E-state index is 11.9. The lowest BCUT2D eigenvalue weighted by molar-refractivity contribution is 0.100. The maximum atomic E-state index is 11.9. The molecule has 0 aliphatic carbocycles. The number of ether oxygens (including phenoxy) is 1. The third kappa shape index (κ3) is 2.52. The molecule has 0 saturated heterocycles. The lowest BCUT2D eigenvalue weighted by atomic mass is 10.1. The van der Waals surface area contributed by atoms with E-state index in [9.17, 15) is 4.79 Å². The zero-order valence-electron chi connectivity index (χ0n) is 8.84. The minimum atomic E-state index is 0.0638. The Morgan fingerprint density at radius 2 is 2.38 bits per heavy atom. The van der Waals surface area contributed by atoms with Gasteiger partial charge >= 0.3 is 0 Å². The van der Waals surface area contributed by atoms with Crippen molar-refractivity contribution in [1.82, 2.24) is 4.99 Å². The van der Waals surface area contributed by atoms with Crippen molar-refractivity contribution in [3.05, 3.63) is 41.4 Å². The summed E-state index contributed by atoms with van der Waals surface area (Å²) in [5.74, 6) is 0.763. The van der Waals surface area contributed by atoms with E-state index in [4.69, 9.17) is 4.74 Å². The van der Waals surface area contributed by atoms with Gasteiger partial charge in [0.25, 0.3) is 5.04 Å². The second kappa shape index (κ2) is 4.99. The number of ketones is 1. The first-order valence-corrected chi connectivity index (χ1v) is 5.73. The predicted molar refractivity (Wildman–Crippen MR) is 65.8 cm³/mol. The number of thioether (sulfide) groups is 1.